The van der Waals surface area contributed by atoms with E-state index in [1.165, 1.54) is 23.4 Å². The summed E-state index contributed by atoms with van der Waals surface area (Å²) < 4.78 is 12.1. The number of para-hydroxylation sites is 1. The summed E-state index contributed by atoms with van der Waals surface area (Å²) >= 11 is 7.52. The van der Waals surface area contributed by atoms with Crippen molar-refractivity contribution in [2.45, 2.75) is 12.1 Å². The summed E-state index contributed by atoms with van der Waals surface area (Å²) in [5, 5.41) is 1.43. The fourth-order valence-corrected chi connectivity index (χ4v) is 4.47. The molecule has 3 aromatic carbocycles. The molecule has 0 radical (unpaired) electrons. The fraction of sp³-hybridized carbons (Fsp3) is 0.160. The zero-order valence-corrected chi connectivity index (χ0v) is 19.9. The van der Waals surface area contributed by atoms with E-state index >= 15 is 0 Å². The lowest BCUT2D eigenvalue weighted by Crippen LogP contribution is -2.22. The van der Waals surface area contributed by atoms with E-state index in [1.54, 1.807) is 49.6 Å². The van der Waals surface area contributed by atoms with Crippen LogP contribution in [0.1, 0.15) is 15.9 Å². The van der Waals surface area contributed by atoms with Crippen LogP contribution in [0.3, 0.4) is 0 Å². The predicted molar refractivity (Wildman–Crippen MR) is 132 cm³/mol. The first kappa shape index (κ1) is 22.9. The second-order valence-electron chi connectivity index (χ2n) is 7.26. The van der Waals surface area contributed by atoms with E-state index in [9.17, 15) is 9.59 Å². The quantitative estimate of drug-likeness (QED) is 0.202. The smallest absolute Gasteiger partial charge is 0.266 e. The van der Waals surface area contributed by atoms with Crippen LogP contribution in [0.5, 0.6) is 11.5 Å². The summed E-state index contributed by atoms with van der Waals surface area (Å²) in [6, 6.07) is 17.6. The van der Waals surface area contributed by atoms with Crippen molar-refractivity contribution in [3.05, 3.63) is 87.2 Å². The Labute approximate surface area is 200 Å². The predicted octanol–water partition coefficient (Wildman–Crippen LogP) is 5.34. The summed E-state index contributed by atoms with van der Waals surface area (Å²) in [6.07, 6.45) is 0. The van der Waals surface area contributed by atoms with Crippen molar-refractivity contribution in [2.24, 2.45) is 0 Å². The van der Waals surface area contributed by atoms with Crippen molar-refractivity contribution in [1.29, 1.82) is 0 Å². The third-order valence-corrected chi connectivity index (χ3v) is 6.55. The summed E-state index contributed by atoms with van der Waals surface area (Å²) in [6.45, 7) is 1.89. The number of ether oxygens (including phenoxy) is 2. The van der Waals surface area contributed by atoms with Gasteiger partial charge in [0.05, 0.1) is 42.1 Å². The highest BCUT2D eigenvalue weighted by Crippen LogP contribution is 2.28. The number of hydrogen-bond acceptors (Lipinski definition) is 6. The number of ketones is 1. The number of methoxy groups -OCH3 is 2. The van der Waals surface area contributed by atoms with E-state index in [-0.39, 0.29) is 17.1 Å². The second kappa shape index (κ2) is 9.68. The SMILES string of the molecule is COc1ccc(C(=O)CSc2nc3ccccc3c(=O)n2-c2ccc(C)c(Cl)c2)c(OC)c1. The molecule has 0 aliphatic rings. The van der Waals surface area contributed by atoms with Crippen LogP contribution in [0.25, 0.3) is 16.6 Å². The maximum atomic E-state index is 13.4. The molecule has 1 aromatic heterocycles. The molecule has 0 unspecified atom stereocenters. The molecule has 6 nitrogen and oxygen atoms in total. The molecule has 33 heavy (non-hydrogen) atoms. The zero-order chi connectivity index (χ0) is 23.5. The monoisotopic (exact) mass is 480 g/mol. The van der Waals surface area contributed by atoms with E-state index < -0.39 is 0 Å². The van der Waals surface area contributed by atoms with Crippen molar-refractivity contribution < 1.29 is 14.3 Å². The first-order valence-corrected chi connectivity index (χ1v) is 11.5. The third kappa shape index (κ3) is 4.60. The van der Waals surface area contributed by atoms with Crippen LogP contribution in [-0.2, 0) is 0 Å². The number of nitrogens with zero attached hydrogens (tertiary/aromatic N) is 2. The lowest BCUT2D eigenvalue weighted by molar-refractivity contribution is 0.101. The molecular weight excluding hydrogens is 460 g/mol. The number of carbonyl (C=O) groups is 1. The van der Waals surface area contributed by atoms with Crippen LogP contribution in [0, 0.1) is 6.92 Å². The molecule has 0 saturated heterocycles. The third-order valence-electron chi connectivity index (χ3n) is 5.20. The number of carbonyl (C=O) groups excluding carboxylic acids is 1. The van der Waals surface area contributed by atoms with E-state index in [2.05, 4.69) is 4.98 Å². The minimum absolute atomic E-state index is 0.0626. The second-order valence-corrected chi connectivity index (χ2v) is 8.61. The highest BCUT2D eigenvalue weighted by Gasteiger charge is 2.18. The molecular formula is C25H21ClN2O4S. The number of rotatable bonds is 7. The number of halogens is 1. The average molecular weight is 481 g/mol. The normalized spacial score (nSPS) is 10.9. The van der Waals surface area contributed by atoms with Crippen LogP contribution >= 0.6 is 23.4 Å². The van der Waals surface area contributed by atoms with E-state index in [0.29, 0.717) is 43.8 Å². The number of hydrogen-bond donors (Lipinski definition) is 0. The number of thioether (sulfide) groups is 1. The molecule has 0 amide bonds. The molecule has 0 spiro atoms. The first-order chi connectivity index (χ1) is 15.9. The number of fused-ring (bicyclic) bond motifs is 1. The maximum Gasteiger partial charge on any atom is 0.266 e. The molecule has 0 saturated carbocycles. The molecule has 168 valence electrons. The van der Waals surface area contributed by atoms with Gasteiger partial charge in [-0.2, -0.15) is 0 Å². The molecule has 0 atom stereocenters. The minimum Gasteiger partial charge on any atom is -0.497 e. The molecule has 0 fully saturated rings. The van der Waals surface area contributed by atoms with E-state index in [1.807, 2.05) is 25.1 Å². The molecule has 4 aromatic rings. The van der Waals surface area contributed by atoms with Gasteiger partial charge in [-0.05, 0) is 48.9 Å². The van der Waals surface area contributed by atoms with E-state index in [4.69, 9.17) is 21.1 Å². The Morgan fingerprint density at radius 2 is 1.85 bits per heavy atom. The lowest BCUT2D eigenvalue weighted by atomic mass is 10.1. The van der Waals surface area contributed by atoms with Crippen molar-refractivity contribution in [2.75, 3.05) is 20.0 Å². The van der Waals surface area contributed by atoms with Gasteiger partial charge >= 0.3 is 0 Å². The van der Waals surface area contributed by atoms with Crippen LogP contribution < -0.4 is 15.0 Å². The Hall–Kier alpha value is -3.29. The first-order valence-electron chi connectivity index (χ1n) is 10.1. The van der Waals surface area contributed by atoms with Crippen LogP contribution in [0.2, 0.25) is 5.02 Å². The number of Topliss-reactive ketones (excluding diaryl/α,β-unsaturated/α-hetero) is 1. The maximum absolute atomic E-state index is 13.4. The van der Waals surface area contributed by atoms with Gasteiger partial charge in [-0.1, -0.05) is 41.6 Å². The van der Waals surface area contributed by atoms with Crippen molar-refractivity contribution in [3.63, 3.8) is 0 Å². The van der Waals surface area contributed by atoms with Gasteiger partial charge in [-0.25, -0.2) is 4.98 Å². The van der Waals surface area contributed by atoms with Crippen molar-refractivity contribution >= 4 is 40.0 Å². The summed E-state index contributed by atoms with van der Waals surface area (Å²) in [4.78, 5) is 31.1. The van der Waals surface area contributed by atoms with Gasteiger partial charge in [-0.15, -0.1) is 0 Å². The Balaban J connectivity index is 1.75. The summed E-state index contributed by atoms with van der Waals surface area (Å²) in [5.41, 5.74) is 2.26. The zero-order valence-electron chi connectivity index (χ0n) is 18.3. The molecule has 0 aliphatic carbocycles. The highest BCUT2D eigenvalue weighted by molar-refractivity contribution is 7.99. The van der Waals surface area contributed by atoms with Gasteiger partial charge in [-0.3, -0.25) is 14.2 Å². The summed E-state index contributed by atoms with van der Waals surface area (Å²) in [5.74, 6) is 0.925. The molecule has 1 heterocycles. The Morgan fingerprint density at radius 1 is 1.06 bits per heavy atom. The van der Waals surface area contributed by atoms with Crippen LogP contribution in [-0.4, -0.2) is 35.3 Å². The standard InChI is InChI=1S/C25H21ClN2O4S/c1-15-8-9-16(12-20(15)26)28-24(30)18-6-4-5-7-21(18)27-25(28)33-14-22(29)19-11-10-17(31-2)13-23(19)32-3/h4-13H,14H2,1-3H3. The topological polar surface area (TPSA) is 70.4 Å². The Bertz CT molecular complexity index is 1420. The van der Waals surface area contributed by atoms with Crippen molar-refractivity contribution in [3.8, 4) is 17.2 Å². The average Bonchev–Trinajstić information content (AvgIpc) is 2.84. The largest absolute Gasteiger partial charge is 0.497 e. The number of benzene rings is 3. The molecule has 0 N–H and O–H groups in total. The van der Waals surface area contributed by atoms with Gasteiger partial charge in [0.15, 0.2) is 10.9 Å². The molecule has 0 bridgehead atoms. The summed E-state index contributed by atoms with van der Waals surface area (Å²) in [7, 11) is 3.05. The van der Waals surface area contributed by atoms with Gasteiger partial charge in [0.1, 0.15) is 11.5 Å². The number of aryl methyl sites for hydroxylation is 1. The number of aromatic nitrogens is 2. The van der Waals surface area contributed by atoms with Crippen molar-refractivity contribution in [1.82, 2.24) is 9.55 Å². The molecule has 4 rings (SSSR count). The lowest BCUT2D eigenvalue weighted by Gasteiger charge is -2.14. The Kier molecular flexibility index (Phi) is 6.72. The highest BCUT2D eigenvalue weighted by atomic mass is 35.5. The van der Waals surface area contributed by atoms with Crippen LogP contribution in [0.4, 0.5) is 0 Å². The molecule has 8 heteroatoms. The molecule has 0 aliphatic heterocycles. The van der Waals surface area contributed by atoms with Gasteiger partial charge < -0.3 is 9.47 Å². The fourth-order valence-electron chi connectivity index (χ4n) is 3.39. The van der Waals surface area contributed by atoms with Gasteiger partial charge in [0, 0.05) is 11.1 Å². The van der Waals surface area contributed by atoms with E-state index in [0.717, 1.165) is 5.56 Å². The van der Waals surface area contributed by atoms with Crippen LogP contribution in [0.15, 0.2) is 70.6 Å². The Morgan fingerprint density at radius 3 is 2.58 bits per heavy atom. The van der Waals surface area contributed by atoms with Gasteiger partial charge in [0.25, 0.3) is 5.56 Å². The van der Waals surface area contributed by atoms with Gasteiger partial charge in [0.2, 0.25) is 0 Å². The minimum atomic E-state index is -0.225.